The Hall–Kier alpha value is -1.12. The van der Waals surface area contributed by atoms with Crippen molar-refractivity contribution in [3.63, 3.8) is 0 Å². The molecule has 0 saturated carbocycles. The van der Waals surface area contributed by atoms with Crippen LogP contribution in [0, 0.1) is 0 Å². The topological polar surface area (TPSA) is 29.5 Å². The first-order valence-electron chi connectivity index (χ1n) is 5.80. The van der Waals surface area contributed by atoms with Gasteiger partial charge < -0.3 is 9.84 Å². The van der Waals surface area contributed by atoms with E-state index < -0.39 is 0 Å². The van der Waals surface area contributed by atoms with Gasteiger partial charge in [0, 0.05) is 19.6 Å². The highest BCUT2D eigenvalue weighted by Gasteiger charge is 2.12. The third kappa shape index (κ3) is 3.80. The summed E-state index contributed by atoms with van der Waals surface area (Å²) in [5.41, 5.74) is 2.72. The molecule has 0 bridgehead atoms. The van der Waals surface area contributed by atoms with Crippen LogP contribution in [0.25, 0.3) is 6.08 Å². The van der Waals surface area contributed by atoms with Gasteiger partial charge in [-0.2, -0.15) is 0 Å². The molecule has 0 amide bonds. The first-order chi connectivity index (χ1) is 7.81. The number of rotatable bonds is 2. The SMILES string of the molecule is CCO.CCOC1C=Cc2ccccc2C1. The molecular weight excluding hydrogens is 200 g/mol. The van der Waals surface area contributed by atoms with E-state index in [0.29, 0.717) is 0 Å². The monoisotopic (exact) mass is 220 g/mol. The summed E-state index contributed by atoms with van der Waals surface area (Å²) >= 11 is 0. The molecule has 1 atom stereocenters. The smallest absolute Gasteiger partial charge is 0.0799 e. The van der Waals surface area contributed by atoms with Crippen LogP contribution in [0.3, 0.4) is 0 Å². The summed E-state index contributed by atoms with van der Waals surface area (Å²) < 4.78 is 5.55. The van der Waals surface area contributed by atoms with E-state index in [2.05, 4.69) is 36.4 Å². The molecule has 0 radical (unpaired) electrons. The Morgan fingerprint density at radius 3 is 2.69 bits per heavy atom. The van der Waals surface area contributed by atoms with Crippen molar-refractivity contribution in [2.45, 2.75) is 26.4 Å². The fraction of sp³-hybridized carbons (Fsp3) is 0.429. The van der Waals surface area contributed by atoms with Gasteiger partial charge in [0.15, 0.2) is 0 Å². The van der Waals surface area contributed by atoms with Crippen LogP contribution in [-0.4, -0.2) is 24.4 Å². The second kappa shape index (κ2) is 7.20. The lowest BCUT2D eigenvalue weighted by Crippen LogP contribution is -2.16. The van der Waals surface area contributed by atoms with Gasteiger partial charge in [0.05, 0.1) is 6.10 Å². The molecule has 1 aromatic rings. The number of ether oxygens (including phenoxy) is 1. The quantitative estimate of drug-likeness (QED) is 0.830. The highest BCUT2D eigenvalue weighted by atomic mass is 16.5. The minimum Gasteiger partial charge on any atom is -0.397 e. The van der Waals surface area contributed by atoms with Gasteiger partial charge in [-0.15, -0.1) is 0 Å². The second-order valence-electron chi connectivity index (χ2n) is 3.57. The fourth-order valence-electron chi connectivity index (χ4n) is 1.71. The van der Waals surface area contributed by atoms with E-state index >= 15 is 0 Å². The zero-order valence-electron chi connectivity index (χ0n) is 10.0. The van der Waals surface area contributed by atoms with Gasteiger partial charge in [-0.1, -0.05) is 36.4 Å². The van der Waals surface area contributed by atoms with Crippen LogP contribution in [0.15, 0.2) is 30.3 Å². The summed E-state index contributed by atoms with van der Waals surface area (Å²) in [4.78, 5) is 0. The molecular formula is C14H20O2. The van der Waals surface area contributed by atoms with E-state index in [1.54, 1.807) is 6.92 Å². The third-order valence-electron chi connectivity index (χ3n) is 2.35. The van der Waals surface area contributed by atoms with Crippen LogP contribution in [0.5, 0.6) is 0 Å². The lowest BCUT2D eigenvalue weighted by molar-refractivity contribution is 0.0964. The van der Waals surface area contributed by atoms with Crippen molar-refractivity contribution in [3.8, 4) is 0 Å². The van der Waals surface area contributed by atoms with Crippen molar-refractivity contribution in [3.05, 3.63) is 41.5 Å². The zero-order chi connectivity index (χ0) is 11.8. The number of aliphatic hydroxyl groups excluding tert-OH is 1. The van der Waals surface area contributed by atoms with Gasteiger partial charge in [-0.3, -0.25) is 0 Å². The van der Waals surface area contributed by atoms with Crippen molar-refractivity contribution in [1.29, 1.82) is 0 Å². The molecule has 2 nitrogen and oxygen atoms in total. The molecule has 1 aliphatic carbocycles. The standard InChI is InChI=1S/C12H14O.C2H6O/c1-2-13-12-8-7-10-5-3-4-6-11(10)9-12;1-2-3/h3-8,12H,2,9H2,1H3;3H,2H2,1H3. The van der Waals surface area contributed by atoms with Gasteiger partial charge >= 0.3 is 0 Å². The first kappa shape index (κ1) is 12.9. The van der Waals surface area contributed by atoms with Crippen molar-refractivity contribution in [2.24, 2.45) is 0 Å². The van der Waals surface area contributed by atoms with Crippen molar-refractivity contribution < 1.29 is 9.84 Å². The molecule has 1 N–H and O–H groups in total. The van der Waals surface area contributed by atoms with Gasteiger partial charge in [-0.05, 0) is 25.0 Å². The molecule has 16 heavy (non-hydrogen) atoms. The Bertz CT molecular complexity index is 331. The molecule has 0 fully saturated rings. The number of aliphatic hydroxyl groups is 1. The van der Waals surface area contributed by atoms with Crippen molar-refractivity contribution >= 4 is 6.08 Å². The molecule has 0 spiro atoms. The normalized spacial score (nSPS) is 17.3. The average Bonchev–Trinajstić information content (AvgIpc) is 2.30. The van der Waals surface area contributed by atoms with E-state index in [0.717, 1.165) is 13.0 Å². The Morgan fingerprint density at radius 2 is 2.00 bits per heavy atom. The van der Waals surface area contributed by atoms with Crippen molar-refractivity contribution in [1.82, 2.24) is 0 Å². The van der Waals surface area contributed by atoms with E-state index in [4.69, 9.17) is 9.84 Å². The molecule has 1 aromatic carbocycles. The van der Waals surface area contributed by atoms with Gasteiger partial charge in [0.25, 0.3) is 0 Å². The summed E-state index contributed by atoms with van der Waals surface area (Å²) in [5.74, 6) is 0. The molecule has 0 aliphatic heterocycles. The summed E-state index contributed by atoms with van der Waals surface area (Å²) in [6.07, 6.45) is 5.59. The third-order valence-corrected chi connectivity index (χ3v) is 2.35. The van der Waals surface area contributed by atoms with Crippen molar-refractivity contribution in [2.75, 3.05) is 13.2 Å². The summed E-state index contributed by atoms with van der Waals surface area (Å²) in [7, 11) is 0. The number of fused-ring (bicyclic) bond motifs is 1. The Labute approximate surface area is 97.6 Å². The predicted molar refractivity (Wildman–Crippen MR) is 67.4 cm³/mol. The molecule has 1 unspecified atom stereocenters. The summed E-state index contributed by atoms with van der Waals surface area (Å²) in [6, 6.07) is 8.48. The lowest BCUT2D eigenvalue weighted by Gasteiger charge is -2.18. The van der Waals surface area contributed by atoms with E-state index in [9.17, 15) is 0 Å². The number of hydrogen-bond donors (Lipinski definition) is 1. The summed E-state index contributed by atoms with van der Waals surface area (Å²) in [6.45, 7) is 4.76. The predicted octanol–water partition coefficient (Wildman–Crippen LogP) is 2.66. The van der Waals surface area contributed by atoms with Crippen LogP contribution in [0.4, 0.5) is 0 Å². The highest BCUT2D eigenvalue weighted by molar-refractivity contribution is 5.57. The maximum atomic E-state index is 7.57. The van der Waals surface area contributed by atoms with Gasteiger partial charge in [-0.25, -0.2) is 0 Å². The van der Waals surface area contributed by atoms with Crippen LogP contribution >= 0.6 is 0 Å². The number of benzene rings is 1. The van der Waals surface area contributed by atoms with Crippen LogP contribution in [0.2, 0.25) is 0 Å². The summed E-state index contributed by atoms with van der Waals surface area (Å²) in [5, 5.41) is 7.57. The lowest BCUT2D eigenvalue weighted by atomic mass is 9.96. The highest BCUT2D eigenvalue weighted by Crippen LogP contribution is 2.20. The maximum Gasteiger partial charge on any atom is 0.0799 e. The van der Waals surface area contributed by atoms with E-state index in [-0.39, 0.29) is 12.7 Å². The largest absolute Gasteiger partial charge is 0.397 e. The second-order valence-corrected chi connectivity index (χ2v) is 3.57. The average molecular weight is 220 g/mol. The van der Waals surface area contributed by atoms with Gasteiger partial charge in [0.2, 0.25) is 0 Å². The minimum atomic E-state index is 0.250. The Morgan fingerprint density at radius 1 is 1.31 bits per heavy atom. The molecule has 1 aliphatic rings. The fourth-order valence-corrected chi connectivity index (χ4v) is 1.71. The Balaban J connectivity index is 0.000000386. The molecule has 2 rings (SSSR count). The number of hydrogen-bond acceptors (Lipinski definition) is 2. The molecule has 2 heteroatoms. The molecule has 0 aromatic heterocycles. The maximum absolute atomic E-state index is 7.57. The van der Waals surface area contributed by atoms with Crippen LogP contribution in [-0.2, 0) is 11.2 Å². The first-order valence-corrected chi connectivity index (χ1v) is 5.80. The minimum absolute atomic E-state index is 0.250. The molecule has 88 valence electrons. The van der Waals surface area contributed by atoms with E-state index in [1.807, 2.05) is 6.92 Å². The van der Waals surface area contributed by atoms with Gasteiger partial charge in [0.1, 0.15) is 0 Å². The Kier molecular flexibility index (Phi) is 5.83. The molecule has 0 saturated heterocycles. The van der Waals surface area contributed by atoms with Crippen LogP contribution < -0.4 is 0 Å². The van der Waals surface area contributed by atoms with E-state index in [1.165, 1.54) is 11.1 Å². The zero-order valence-corrected chi connectivity index (χ0v) is 10.0. The van der Waals surface area contributed by atoms with Crippen LogP contribution in [0.1, 0.15) is 25.0 Å². The molecule has 0 heterocycles.